The molecule has 2 rings (SSSR count). The monoisotopic (exact) mass is 345 g/mol. The van der Waals surface area contributed by atoms with Crippen molar-refractivity contribution in [2.24, 2.45) is 0 Å². The fourth-order valence-electron chi connectivity index (χ4n) is 2.30. The lowest BCUT2D eigenvalue weighted by Gasteiger charge is -2.47. The molecule has 0 saturated heterocycles. The molecule has 94 valence electrons. The molecule has 1 aromatic rings. The lowest BCUT2D eigenvalue weighted by molar-refractivity contribution is 0.0739. The Balaban J connectivity index is 2.02. The average molecular weight is 345 g/mol. The van der Waals surface area contributed by atoms with Crippen LogP contribution >= 0.6 is 22.6 Å². The molecule has 1 aliphatic rings. The molecule has 1 fully saturated rings. The van der Waals surface area contributed by atoms with Crippen LogP contribution in [0.2, 0.25) is 0 Å². The summed E-state index contributed by atoms with van der Waals surface area (Å²) >= 11 is 2.33. The van der Waals surface area contributed by atoms with Gasteiger partial charge in [0.2, 0.25) is 0 Å². The predicted molar refractivity (Wildman–Crippen MR) is 82.3 cm³/mol. The molecule has 17 heavy (non-hydrogen) atoms. The molecule has 0 amide bonds. The fourth-order valence-corrected chi connectivity index (χ4v) is 3.03. The van der Waals surface area contributed by atoms with Crippen molar-refractivity contribution in [3.8, 4) is 0 Å². The maximum absolute atomic E-state index is 5.75. The van der Waals surface area contributed by atoms with Crippen molar-refractivity contribution in [2.45, 2.75) is 24.8 Å². The fraction of sp³-hybridized carbons (Fsp3) is 0.538. The topological polar surface area (TPSA) is 41.3 Å². The minimum Gasteiger partial charge on any atom is -0.399 e. The molecule has 3 nitrogen and oxygen atoms in total. The number of anilines is 2. The van der Waals surface area contributed by atoms with E-state index in [9.17, 15) is 0 Å². The largest absolute Gasteiger partial charge is 0.399 e. The van der Waals surface area contributed by atoms with Gasteiger partial charge in [0.1, 0.15) is 0 Å². The SMILES string of the molecule is CN(C)C1(CNc2ccc(N)cc2I)CCC1. The molecule has 0 aromatic heterocycles. The molecule has 3 N–H and O–H groups in total. The Bertz CT molecular complexity index is 400. The molecule has 0 unspecified atom stereocenters. The third-order valence-corrected chi connectivity index (χ3v) is 4.73. The van der Waals surface area contributed by atoms with E-state index < -0.39 is 0 Å². The molecular formula is C13H20IN3. The van der Waals surface area contributed by atoms with Gasteiger partial charge in [0, 0.05) is 27.0 Å². The number of rotatable bonds is 4. The molecule has 4 heteroatoms. The van der Waals surface area contributed by atoms with Gasteiger partial charge in [-0.15, -0.1) is 0 Å². The molecule has 1 saturated carbocycles. The summed E-state index contributed by atoms with van der Waals surface area (Å²) in [5.41, 5.74) is 8.12. The van der Waals surface area contributed by atoms with E-state index in [2.05, 4.69) is 53.0 Å². The van der Waals surface area contributed by atoms with Gasteiger partial charge in [0.05, 0.1) is 0 Å². The quantitative estimate of drug-likeness (QED) is 0.651. The van der Waals surface area contributed by atoms with Gasteiger partial charge >= 0.3 is 0 Å². The highest BCUT2D eigenvalue weighted by Gasteiger charge is 2.38. The first kappa shape index (κ1) is 13.0. The van der Waals surface area contributed by atoms with Crippen molar-refractivity contribution in [3.63, 3.8) is 0 Å². The van der Waals surface area contributed by atoms with Crippen LogP contribution in [-0.4, -0.2) is 31.1 Å². The first-order valence-electron chi connectivity index (χ1n) is 6.00. The Morgan fingerprint density at radius 2 is 2.12 bits per heavy atom. The Hall–Kier alpha value is -0.490. The minimum absolute atomic E-state index is 0.352. The van der Waals surface area contributed by atoms with E-state index in [1.165, 1.54) is 28.5 Å². The number of nitrogens with one attached hydrogen (secondary N) is 1. The number of nitrogen functional groups attached to an aromatic ring is 1. The highest BCUT2D eigenvalue weighted by molar-refractivity contribution is 14.1. The van der Waals surface area contributed by atoms with Crippen LogP contribution in [0.4, 0.5) is 11.4 Å². The van der Waals surface area contributed by atoms with E-state index in [0.717, 1.165) is 12.2 Å². The molecule has 0 spiro atoms. The van der Waals surface area contributed by atoms with Gasteiger partial charge in [-0.25, -0.2) is 0 Å². The predicted octanol–water partition coefficient (Wildman–Crippen LogP) is 2.77. The number of hydrogen-bond acceptors (Lipinski definition) is 3. The van der Waals surface area contributed by atoms with Crippen molar-refractivity contribution in [2.75, 3.05) is 31.7 Å². The third kappa shape index (κ3) is 2.68. The molecule has 0 atom stereocenters. The van der Waals surface area contributed by atoms with Gasteiger partial charge < -0.3 is 16.0 Å². The van der Waals surface area contributed by atoms with E-state index in [-0.39, 0.29) is 0 Å². The summed E-state index contributed by atoms with van der Waals surface area (Å²) in [5.74, 6) is 0. The van der Waals surface area contributed by atoms with Crippen LogP contribution in [0.25, 0.3) is 0 Å². The third-order valence-electron chi connectivity index (χ3n) is 3.83. The second-order valence-corrected chi connectivity index (χ2v) is 6.23. The molecule has 0 radical (unpaired) electrons. The van der Waals surface area contributed by atoms with E-state index >= 15 is 0 Å². The molecule has 0 bridgehead atoms. The number of halogens is 1. The molecule has 1 aromatic carbocycles. The van der Waals surface area contributed by atoms with Crippen LogP contribution in [0.3, 0.4) is 0 Å². The van der Waals surface area contributed by atoms with Crippen molar-refractivity contribution in [1.29, 1.82) is 0 Å². The normalized spacial score (nSPS) is 17.9. The van der Waals surface area contributed by atoms with Crippen LogP contribution in [0.5, 0.6) is 0 Å². The second-order valence-electron chi connectivity index (χ2n) is 5.07. The van der Waals surface area contributed by atoms with E-state index in [1.54, 1.807) is 0 Å². The Morgan fingerprint density at radius 1 is 1.41 bits per heavy atom. The number of hydrogen-bond donors (Lipinski definition) is 2. The maximum Gasteiger partial charge on any atom is 0.0478 e. The summed E-state index contributed by atoms with van der Waals surface area (Å²) in [4.78, 5) is 2.35. The van der Waals surface area contributed by atoms with Crippen LogP contribution in [-0.2, 0) is 0 Å². The van der Waals surface area contributed by atoms with Crippen LogP contribution in [0.1, 0.15) is 19.3 Å². The second kappa shape index (κ2) is 5.02. The Kier molecular flexibility index (Phi) is 3.82. The van der Waals surface area contributed by atoms with Crippen LogP contribution < -0.4 is 11.1 Å². The molecule has 0 heterocycles. The summed E-state index contributed by atoms with van der Waals surface area (Å²) in [5, 5.41) is 3.56. The van der Waals surface area contributed by atoms with Gasteiger partial charge in [-0.2, -0.15) is 0 Å². The van der Waals surface area contributed by atoms with Gasteiger partial charge in [-0.05, 0) is 74.1 Å². The first-order chi connectivity index (χ1) is 8.03. The average Bonchev–Trinajstić information content (AvgIpc) is 2.18. The summed E-state index contributed by atoms with van der Waals surface area (Å²) < 4.78 is 1.19. The maximum atomic E-state index is 5.75. The zero-order valence-corrected chi connectivity index (χ0v) is 12.6. The first-order valence-corrected chi connectivity index (χ1v) is 7.08. The Labute approximate surface area is 117 Å². The highest BCUT2D eigenvalue weighted by Crippen LogP contribution is 2.36. The van der Waals surface area contributed by atoms with Crippen LogP contribution in [0.15, 0.2) is 18.2 Å². The lowest BCUT2D eigenvalue weighted by atomic mass is 9.75. The van der Waals surface area contributed by atoms with Crippen molar-refractivity contribution in [1.82, 2.24) is 4.90 Å². The molecule has 0 aliphatic heterocycles. The standard InChI is InChI=1S/C13H20IN3/c1-17(2)13(6-3-7-13)9-16-12-5-4-10(15)8-11(12)14/h4-5,8,16H,3,6-7,9,15H2,1-2H3. The van der Waals surface area contributed by atoms with E-state index in [1.807, 2.05) is 12.1 Å². The minimum atomic E-state index is 0.352. The van der Waals surface area contributed by atoms with Crippen molar-refractivity contribution < 1.29 is 0 Å². The number of nitrogens with zero attached hydrogens (tertiary/aromatic N) is 1. The number of likely N-dealkylation sites (N-methyl/N-ethyl adjacent to an activating group) is 1. The van der Waals surface area contributed by atoms with Gasteiger partial charge in [0.15, 0.2) is 0 Å². The zero-order chi connectivity index (χ0) is 12.5. The number of benzene rings is 1. The van der Waals surface area contributed by atoms with Crippen LogP contribution in [0, 0.1) is 3.57 Å². The summed E-state index contributed by atoms with van der Waals surface area (Å²) in [6.07, 6.45) is 3.93. The zero-order valence-electron chi connectivity index (χ0n) is 10.5. The smallest absolute Gasteiger partial charge is 0.0478 e. The van der Waals surface area contributed by atoms with Gasteiger partial charge in [0.25, 0.3) is 0 Å². The Morgan fingerprint density at radius 3 is 2.59 bits per heavy atom. The molecular weight excluding hydrogens is 325 g/mol. The summed E-state index contributed by atoms with van der Waals surface area (Å²) in [7, 11) is 4.35. The summed E-state index contributed by atoms with van der Waals surface area (Å²) in [6.45, 7) is 1.01. The lowest BCUT2D eigenvalue weighted by Crippen LogP contribution is -2.54. The van der Waals surface area contributed by atoms with E-state index in [0.29, 0.717) is 5.54 Å². The van der Waals surface area contributed by atoms with Gasteiger partial charge in [-0.3, -0.25) is 0 Å². The highest BCUT2D eigenvalue weighted by atomic mass is 127. The summed E-state index contributed by atoms with van der Waals surface area (Å²) in [6, 6.07) is 6.03. The van der Waals surface area contributed by atoms with E-state index in [4.69, 9.17) is 5.73 Å². The molecule has 1 aliphatic carbocycles. The van der Waals surface area contributed by atoms with Crippen molar-refractivity contribution >= 4 is 34.0 Å². The number of nitrogens with two attached hydrogens (primary N) is 1. The van der Waals surface area contributed by atoms with Crippen molar-refractivity contribution in [3.05, 3.63) is 21.8 Å². The van der Waals surface area contributed by atoms with Gasteiger partial charge in [-0.1, -0.05) is 0 Å².